The Morgan fingerprint density at radius 3 is 2.50 bits per heavy atom. The Balaban J connectivity index is 2.42. The number of carboxylic acid groups (broad SMARTS) is 1. The average Bonchev–Trinajstić information content (AvgIpc) is 2.60. The fourth-order valence-electron chi connectivity index (χ4n) is 1.14. The molecule has 0 radical (unpaired) electrons. The lowest BCUT2D eigenvalue weighted by Crippen LogP contribution is -2.33. The summed E-state index contributed by atoms with van der Waals surface area (Å²) in [6, 6.07) is 5.69. The number of carboxylic acids is 1. The standard InChI is InChI=1S/C9H5ClN2O4/c10-7-9(15)16-11-12(7)6-3-1-5(2-4-6)8(13)14/h1-4H,(H-,11,13,14,15). The molecule has 0 aliphatic rings. The molecule has 6 nitrogen and oxygen atoms in total. The molecule has 0 saturated heterocycles. The SMILES string of the molecule is O=C(O)c1ccc(-[n+]2noc([O-])c2Cl)cc1. The molecule has 1 N–H and O–H groups in total. The van der Waals surface area contributed by atoms with Crippen LogP contribution < -0.4 is 9.79 Å². The number of halogens is 1. The quantitative estimate of drug-likeness (QED) is 0.766. The van der Waals surface area contributed by atoms with Gasteiger partial charge in [0.1, 0.15) is 0 Å². The summed E-state index contributed by atoms with van der Waals surface area (Å²) >= 11 is 5.62. The second kappa shape index (κ2) is 3.82. The molecule has 7 heteroatoms. The van der Waals surface area contributed by atoms with Gasteiger partial charge in [0.2, 0.25) is 5.69 Å². The molecule has 0 aliphatic carbocycles. The maximum absolute atomic E-state index is 10.9. The fourth-order valence-corrected chi connectivity index (χ4v) is 1.31. The van der Waals surface area contributed by atoms with E-state index in [1.165, 1.54) is 24.3 Å². The van der Waals surface area contributed by atoms with Crippen molar-refractivity contribution in [2.24, 2.45) is 0 Å². The molecule has 2 rings (SSSR count). The molecule has 0 spiro atoms. The molecule has 0 fully saturated rings. The Labute approximate surface area is 94.3 Å². The van der Waals surface area contributed by atoms with Gasteiger partial charge in [-0.05, 0) is 28.4 Å². The summed E-state index contributed by atoms with van der Waals surface area (Å²) in [6.45, 7) is 0. The van der Waals surface area contributed by atoms with E-state index < -0.39 is 11.9 Å². The number of hydrogen-bond acceptors (Lipinski definition) is 4. The minimum atomic E-state index is -1.03. The van der Waals surface area contributed by atoms with E-state index in [4.69, 9.17) is 16.7 Å². The molecule has 0 saturated carbocycles. The van der Waals surface area contributed by atoms with E-state index in [9.17, 15) is 9.90 Å². The smallest absolute Gasteiger partial charge is 0.335 e. The van der Waals surface area contributed by atoms with Crippen molar-refractivity contribution in [2.45, 2.75) is 0 Å². The normalized spacial score (nSPS) is 10.3. The lowest BCUT2D eigenvalue weighted by Gasteiger charge is -1.93. The zero-order valence-corrected chi connectivity index (χ0v) is 8.51. The Bertz CT molecular complexity index is 535. The predicted octanol–water partition coefficient (Wildman–Crippen LogP) is 0.377. The summed E-state index contributed by atoms with van der Waals surface area (Å²) in [6.07, 6.45) is 0. The molecule has 82 valence electrons. The van der Waals surface area contributed by atoms with Gasteiger partial charge in [-0.1, -0.05) is 0 Å². The van der Waals surface area contributed by atoms with Crippen LogP contribution in [0.3, 0.4) is 0 Å². The number of rotatable bonds is 2. The van der Waals surface area contributed by atoms with Crippen molar-refractivity contribution in [3.8, 4) is 11.6 Å². The van der Waals surface area contributed by atoms with E-state index in [1.807, 2.05) is 0 Å². The summed E-state index contributed by atoms with van der Waals surface area (Å²) in [5.41, 5.74) is 0.576. The van der Waals surface area contributed by atoms with Gasteiger partial charge in [-0.3, -0.25) is 0 Å². The van der Waals surface area contributed by atoms with Crippen molar-refractivity contribution in [2.75, 3.05) is 0 Å². The minimum absolute atomic E-state index is 0.131. The second-order valence-electron chi connectivity index (χ2n) is 2.92. The van der Waals surface area contributed by atoms with E-state index >= 15 is 0 Å². The van der Waals surface area contributed by atoms with Crippen molar-refractivity contribution < 1.29 is 24.2 Å². The van der Waals surface area contributed by atoms with Crippen LogP contribution in [0.2, 0.25) is 5.15 Å². The second-order valence-corrected chi connectivity index (χ2v) is 3.27. The van der Waals surface area contributed by atoms with Crippen LogP contribution in [0.15, 0.2) is 28.8 Å². The molecular formula is C9H5ClN2O4. The molecular weight excluding hydrogens is 236 g/mol. The van der Waals surface area contributed by atoms with E-state index in [2.05, 4.69) is 9.79 Å². The number of aromatic nitrogens is 2. The highest BCUT2D eigenvalue weighted by atomic mass is 35.5. The molecule has 16 heavy (non-hydrogen) atoms. The predicted molar refractivity (Wildman–Crippen MR) is 49.5 cm³/mol. The summed E-state index contributed by atoms with van der Waals surface area (Å²) in [5.74, 6) is -1.78. The van der Waals surface area contributed by atoms with E-state index in [1.54, 1.807) is 0 Å². The third kappa shape index (κ3) is 1.70. The van der Waals surface area contributed by atoms with Crippen molar-refractivity contribution in [1.82, 2.24) is 5.27 Å². The maximum Gasteiger partial charge on any atom is 0.335 e. The average molecular weight is 241 g/mol. The summed E-state index contributed by atoms with van der Waals surface area (Å²) in [7, 11) is 0. The molecule has 0 atom stereocenters. The van der Waals surface area contributed by atoms with Gasteiger partial charge in [-0.2, -0.15) is 0 Å². The first-order valence-corrected chi connectivity index (χ1v) is 4.55. The first-order valence-electron chi connectivity index (χ1n) is 4.18. The van der Waals surface area contributed by atoms with Crippen LogP contribution in [0, 0.1) is 0 Å². The van der Waals surface area contributed by atoms with Crippen molar-refractivity contribution >= 4 is 17.6 Å². The van der Waals surface area contributed by atoms with Crippen LogP contribution in [0.4, 0.5) is 0 Å². The summed E-state index contributed by atoms with van der Waals surface area (Å²) in [5, 5.41) is 22.8. The monoisotopic (exact) mass is 240 g/mol. The van der Waals surface area contributed by atoms with Gasteiger partial charge in [0.05, 0.1) is 10.8 Å². The largest absolute Gasteiger partial charge is 0.538 e. The van der Waals surface area contributed by atoms with Crippen molar-refractivity contribution in [3.63, 3.8) is 0 Å². The van der Waals surface area contributed by atoms with Crippen molar-refractivity contribution in [1.29, 1.82) is 0 Å². The van der Waals surface area contributed by atoms with Gasteiger partial charge >= 0.3 is 11.1 Å². The van der Waals surface area contributed by atoms with E-state index in [-0.39, 0.29) is 10.7 Å². The van der Waals surface area contributed by atoms with Gasteiger partial charge < -0.3 is 14.7 Å². The lowest BCUT2D eigenvalue weighted by atomic mass is 10.2. The van der Waals surface area contributed by atoms with Crippen LogP contribution in [0.25, 0.3) is 5.69 Å². The van der Waals surface area contributed by atoms with Crippen LogP contribution in [-0.2, 0) is 0 Å². The third-order valence-electron chi connectivity index (χ3n) is 1.92. The Hall–Kier alpha value is -2.08. The van der Waals surface area contributed by atoms with E-state index in [0.29, 0.717) is 5.69 Å². The zero-order chi connectivity index (χ0) is 11.7. The van der Waals surface area contributed by atoms with Crippen molar-refractivity contribution in [3.05, 3.63) is 35.0 Å². The number of carbonyl (C=O) groups is 1. The summed E-state index contributed by atoms with van der Waals surface area (Å²) < 4.78 is 5.42. The number of benzene rings is 1. The van der Waals surface area contributed by atoms with Crippen LogP contribution in [0.5, 0.6) is 5.95 Å². The molecule has 1 aromatic heterocycles. The third-order valence-corrected chi connectivity index (χ3v) is 2.23. The van der Waals surface area contributed by atoms with Gasteiger partial charge in [-0.25, -0.2) is 4.79 Å². The molecule has 0 amide bonds. The molecule has 0 aliphatic heterocycles. The summed E-state index contributed by atoms with van der Waals surface area (Å²) in [4.78, 5) is 10.6. The topological polar surface area (TPSA) is 90.3 Å². The highest BCUT2D eigenvalue weighted by Gasteiger charge is 2.18. The lowest BCUT2D eigenvalue weighted by molar-refractivity contribution is -0.668. The molecule has 1 aromatic carbocycles. The molecule has 1 heterocycles. The van der Waals surface area contributed by atoms with E-state index in [0.717, 1.165) is 4.68 Å². The number of aromatic carboxylic acids is 1. The van der Waals surface area contributed by atoms with Gasteiger partial charge in [0.15, 0.2) is 5.95 Å². The van der Waals surface area contributed by atoms with Crippen LogP contribution in [-0.4, -0.2) is 16.3 Å². The number of nitrogens with zero attached hydrogens (tertiary/aromatic N) is 2. The fraction of sp³-hybridized carbons (Fsp3) is 0. The Kier molecular flexibility index (Phi) is 2.49. The molecule has 0 unspecified atom stereocenters. The Morgan fingerprint density at radius 2 is 2.06 bits per heavy atom. The molecule has 0 bridgehead atoms. The zero-order valence-electron chi connectivity index (χ0n) is 7.75. The molecule has 2 aromatic rings. The van der Waals surface area contributed by atoms with Gasteiger partial charge in [0.25, 0.3) is 0 Å². The van der Waals surface area contributed by atoms with Gasteiger partial charge in [-0.15, -0.1) is 0 Å². The van der Waals surface area contributed by atoms with Gasteiger partial charge in [0, 0.05) is 12.1 Å². The van der Waals surface area contributed by atoms with Crippen LogP contribution >= 0.6 is 11.6 Å². The first kappa shape index (κ1) is 10.4. The first-order chi connectivity index (χ1) is 7.59. The maximum atomic E-state index is 10.9. The Morgan fingerprint density at radius 1 is 1.44 bits per heavy atom. The highest BCUT2D eigenvalue weighted by Crippen LogP contribution is 2.15. The highest BCUT2D eigenvalue weighted by molar-refractivity contribution is 6.29. The number of hydrogen-bond donors (Lipinski definition) is 1. The minimum Gasteiger partial charge on any atom is -0.538 e. The van der Waals surface area contributed by atoms with Crippen LogP contribution in [0.1, 0.15) is 10.4 Å².